The van der Waals surface area contributed by atoms with Crippen LogP contribution in [0.2, 0.25) is 0 Å². The van der Waals surface area contributed by atoms with E-state index in [0.717, 1.165) is 31.0 Å². The van der Waals surface area contributed by atoms with E-state index >= 15 is 0 Å². The van der Waals surface area contributed by atoms with Crippen LogP contribution in [0.15, 0.2) is 12.3 Å². The average Bonchev–Trinajstić information content (AvgIpc) is 2.81. The van der Waals surface area contributed by atoms with E-state index in [1.165, 1.54) is 0 Å². The molecule has 2 aromatic rings. The van der Waals surface area contributed by atoms with Crippen LogP contribution in [0.25, 0.3) is 5.65 Å². The lowest BCUT2D eigenvalue weighted by Gasteiger charge is -2.31. The Labute approximate surface area is 117 Å². The monoisotopic (exact) mass is 273 g/mol. The molecule has 0 spiro atoms. The van der Waals surface area contributed by atoms with Crippen molar-refractivity contribution in [3.63, 3.8) is 0 Å². The van der Waals surface area contributed by atoms with Crippen LogP contribution in [0, 0.1) is 13.8 Å². The van der Waals surface area contributed by atoms with Crippen molar-refractivity contribution in [1.82, 2.24) is 24.8 Å². The van der Waals surface area contributed by atoms with Crippen molar-refractivity contribution in [2.24, 2.45) is 0 Å². The number of rotatable bonds is 1. The van der Waals surface area contributed by atoms with Gasteiger partial charge in [-0.15, -0.1) is 0 Å². The lowest BCUT2D eigenvalue weighted by atomic mass is 10.2. The smallest absolute Gasteiger partial charge is 0.259 e. The zero-order valence-electron chi connectivity index (χ0n) is 12.1. The first kappa shape index (κ1) is 13.1. The first-order valence-electron chi connectivity index (χ1n) is 6.91. The van der Waals surface area contributed by atoms with Crippen LogP contribution in [0.3, 0.4) is 0 Å². The average molecular weight is 273 g/mol. The van der Waals surface area contributed by atoms with Crippen molar-refractivity contribution in [3.8, 4) is 0 Å². The number of nitrogens with zero attached hydrogens (tertiary/aromatic N) is 4. The number of amides is 1. The Kier molecular flexibility index (Phi) is 3.17. The Morgan fingerprint density at radius 1 is 1.45 bits per heavy atom. The van der Waals surface area contributed by atoms with Gasteiger partial charge in [0.05, 0.1) is 6.20 Å². The second kappa shape index (κ2) is 4.86. The largest absolute Gasteiger partial charge is 0.336 e. The summed E-state index contributed by atoms with van der Waals surface area (Å²) in [6, 6.07) is 2.28. The number of carbonyl (C=O) groups is 1. The summed E-state index contributed by atoms with van der Waals surface area (Å²) in [6.45, 7) is 8.27. The Morgan fingerprint density at radius 3 is 3.00 bits per heavy atom. The zero-order valence-corrected chi connectivity index (χ0v) is 12.1. The van der Waals surface area contributed by atoms with Crippen molar-refractivity contribution in [2.75, 3.05) is 19.6 Å². The van der Waals surface area contributed by atoms with E-state index in [1.807, 2.05) is 24.8 Å². The van der Waals surface area contributed by atoms with Gasteiger partial charge in [0.2, 0.25) is 0 Å². The van der Waals surface area contributed by atoms with Gasteiger partial charge in [0.25, 0.3) is 5.91 Å². The molecular weight excluding hydrogens is 254 g/mol. The molecule has 0 bridgehead atoms. The van der Waals surface area contributed by atoms with Crippen molar-refractivity contribution >= 4 is 11.6 Å². The Bertz CT molecular complexity index is 663. The summed E-state index contributed by atoms with van der Waals surface area (Å²) in [5.41, 5.74) is 3.13. The molecule has 2 aromatic heterocycles. The van der Waals surface area contributed by atoms with E-state index < -0.39 is 0 Å². The molecule has 1 N–H and O–H groups in total. The predicted molar refractivity (Wildman–Crippen MR) is 75.8 cm³/mol. The van der Waals surface area contributed by atoms with Gasteiger partial charge in [-0.25, -0.2) is 9.50 Å². The highest BCUT2D eigenvalue weighted by Gasteiger charge is 2.25. The third-order valence-electron chi connectivity index (χ3n) is 3.66. The third kappa shape index (κ3) is 2.16. The summed E-state index contributed by atoms with van der Waals surface area (Å²) in [5.74, 6) is 0.0193. The van der Waals surface area contributed by atoms with Gasteiger partial charge >= 0.3 is 0 Å². The topological polar surface area (TPSA) is 62.5 Å². The van der Waals surface area contributed by atoms with Crippen LogP contribution >= 0.6 is 0 Å². The lowest BCUT2D eigenvalue weighted by molar-refractivity contribution is 0.0711. The van der Waals surface area contributed by atoms with Crippen molar-refractivity contribution in [3.05, 3.63) is 29.2 Å². The number of aryl methyl sites for hydroxylation is 2. The van der Waals surface area contributed by atoms with Gasteiger partial charge in [-0.05, 0) is 26.8 Å². The van der Waals surface area contributed by atoms with E-state index in [2.05, 4.69) is 22.3 Å². The minimum atomic E-state index is 0.0193. The van der Waals surface area contributed by atoms with E-state index in [4.69, 9.17) is 0 Å². The first-order valence-corrected chi connectivity index (χ1v) is 6.91. The molecule has 1 fully saturated rings. The molecule has 1 atom stereocenters. The second-order valence-electron chi connectivity index (χ2n) is 5.44. The Hall–Kier alpha value is -1.95. The van der Waals surface area contributed by atoms with Gasteiger partial charge in [-0.3, -0.25) is 4.79 Å². The van der Waals surface area contributed by atoms with E-state index in [9.17, 15) is 4.79 Å². The molecule has 3 heterocycles. The van der Waals surface area contributed by atoms with Crippen molar-refractivity contribution in [1.29, 1.82) is 0 Å². The van der Waals surface area contributed by atoms with Crippen LogP contribution in [-0.2, 0) is 0 Å². The zero-order chi connectivity index (χ0) is 14.3. The Balaban J connectivity index is 1.99. The normalized spacial score (nSPS) is 19.6. The molecule has 1 aliphatic heterocycles. The fourth-order valence-corrected chi connectivity index (χ4v) is 2.71. The summed E-state index contributed by atoms with van der Waals surface area (Å²) in [7, 11) is 0. The molecule has 6 nitrogen and oxygen atoms in total. The summed E-state index contributed by atoms with van der Waals surface area (Å²) in [6.07, 6.45) is 1.63. The van der Waals surface area contributed by atoms with Gasteiger partial charge < -0.3 is 10.2 Å². The van der Waals surface area contributed by atoms with E-state index in [1.54, 1.807) is 10.7 Å². The first-order chi connectivity index (χ1) is 9.56. The highest BCUT2D eigenvalue weighted by molar-refractivity contribution is 5.99. The fourth-order valence-electron chi connectivity index (χ4n) is 2.71. The molecular formula is C14H19N5O. The maximum atomic E-state index is 12.6. The SMILES string of the molecule is Cc1cc(C)n2ncc(C(=O)N3CCN[C@@H](C)C3)c2n1. The molecule has 1 saturated heterocycles. The number of piperazine rings is 1. The minimum Gasteiger partial charge on any atom is -0.336 e. The van der Waals surface area contributed by atoms with Crippen molar-refractivity contribution < 1.29 is 4.79 Å². The maximum Gasteiger partial charge on any atom is 0.259 e. The molecule has 1 aliphatic rings. The molecule has 0 radical (unpaired) electrons. The summed E-state index contributed by atoms with van der Waals surface area (Å²) in [5, 5.41) is 7.62. The maximum absolute atomic E-state index is 12.6. The summed E-state index contributed by atoms with van der Waals surface area (Å²) < 4.78 is 1.73. The number of nitrogens with one attached hydrogen (secondary N) is 1. The molecule has 1 amide bonds. The molecule has 106 valence electrons. The second-order valence-corrected chi connectivity index (χ2v) is 5.44. The molecule has 0 aromatic carbocycles. The molecule has 3 rings (SSSR count). The van der Waals surface area contributed by atoms with E-state index in [0.29, 0.717) is 17.3 Å². The molecule has 0 aliphatic carbocycles. The van der Waals surface area contributed by atoms with Gasteiger partial charge in [0, 0.05) is 37.1 Å². The van der Waals surface area contributed by atoms with Crippen LogP contribution in [0.1, 0.15) is 28.7 Å². The van der Waals surface area contributed by atoms with E-state index in [-0.39, 0.29) is 5.91 Å². The quantitative estimate of drug-likeness (QED) is 0.834. The number of fused-ring (bicyclic) bond motifs is 1. The van der Waals surface area contributed by atoms with Crippen LogP contribution < -0.4 is 5.32 Å². The van der Waals surface area contributed by atoms with Gasteiger partial charge in [-0.2, -0.15) is 5.10 Å². The van der Waals surface area contributed by atoms with Crippen LogP contribution in [0.4, 0.5) is 0 Å². The number of hydrogen-bond acceptors (Lipinski definition) is 4. The molecule has 20 heavy (non-hydrogen) atoms. The highest BCUT2D eigenvalue weighted by Crippen LogP contribution is 2.15. The predicted octanol–water partition coefficient (Wildman–Crippen LogP) is 0.780. The summed E-state index contributed by atoms with van der Waals surface area (Å²) >= 11 is 0. The standard InChI is InChI=1S/C14H19N5O/c1-9-6-11(3)19-13(17-9)12(7-16-19)14(20)18-5-4-15-10(2)8-18/h6-7,10,15H,4-5,8H2,1-3H3/t10-/m0/s1. The Morgan fingerprint density at radius 2 is 2.25 bits per heavy atom. The van der Waals surface area contributed by atoms with Crippen molar-refractivity contribution in [2.45, 2.75) is 26.8 Å². The summed E-state index contributed by atoms with van der Waals surface area (Å²) in [4.78, 5) is 19.0. The van der Waals surface area contributed by atoms with Gasteiger partial charge in [0.1, 0.15) is 5.56 Å². The highest BCUT2D eigenvalue weighted by atomic mass is 16.2. The number of aromatic nitrogens is 3. The fraction of sp³-hybridized carbons (Fsp3) is 0.500. The van der Waals surface area contributed by atoms with Crippen LogP contribution in [0.5, 0.6) is 0 Å². The van der Waals surface area contributed by atoms with Crippen LogP contribution in [-0.4, -0.2) is 51.1 Å². The number of hydrogen-bond donors (Lipinski definition) is 1. The number of carbonyl (C=O) groups excluding carboxylic acids is 1. The van der Waals surface area contributed by atoms with Gasteiger partial charge in [0.15, 0.2) is 5.65 Å². The molecule has 0 saturated carbocycles. The molecule has 6 heteroatoms. The minimum absolute atomic E-state index is 0.0193. The molecule has 0 unspecified atom stereocenters. The van der Waals surface area contributed by atoms with Gasteiger partial charge in [-0.1, -0.05) is 0 Å². The third-order valence-corrected chi connectivity index (χ3v) is 3.66. The lowest BCUT2D eigenvalue weighted by Crippen LogP contribution is -2.51.